The zero-order valence-electron chi connectivity index (χ0n) is 64.9. The van der Waals surface area contributed by atoms with Crippen molar-refractivity contribution < 1.29 is 40.7 Å². The number of rotatable bonds is 45. The maximum atomic E-state index is 6.65. The summed E-state index contributed by atoms with van der Waals surface area (Å²) in [4.78, 5) is 26.9. The Morgan fingerprint density at radius 2 is 0.354 bits per heavy atom. The molecule has 0 bridgehead atoms. The first kappa shape index (κ1) is 87.2. The summed E-state index contributed by atoms with van der Waals surface area (Å²) in [5, 5.41) is 14.4. The van der Waals surface area contributed by atoms with Crippen molar-refractivity contribution in [2.45, 2.75) is 80.1 Å². The van der Waals surface area contributed by atoms with Gasteiger partial charge >= 0.3 is 26.6 Å². The van der Waals surface area contributed by atoms with Gasteiger partial charge in [0.25, 0.3) is 0 Å². The van der Waals surface area contributed by atoms with Crippen LogP contribution < -0.4 is 40.7 Å². The maximum Gasteiger partial charge on any atom is 0.490 e. The smallest absolute Gasteiger partial charge is 0.420 e. The lowest BCUT2D eigenvalue weighted by atomic mass is 10.2. The first-order valence-electron chi connectivity index (χ1n) is 37.2. The molecule has 0 saturated carbocycles. The highest BCUT2D eigenvalue weighted by Crippen LogP contribution is 2.55. The van der Waals surface area contributed by atoms with Crippen molar-refractivity contribution in [2.24, 2.45) is 45.3 Å². The van der Waals surface area contributed by atoms with Crippen molar-refractivity contribution in [1.29, 1.82) is 0 Å². The van der Waals surface area contributed by atoms with Crippen LogP contribution in [0.1, 0.15) is 130 Å². The molecule has 0 aliphatic heterocycles. The van der Waals surface area contributed by atoms with Crippen LogP contribution in [-0.4, -0.2) is 131 Å². The number of benzene rings is 9. The second-order valence-corrected chi connectivity index (χ2v) is 37.8. The van der Waals surface area contributed by atoms with Crippen LogP contribution in [0.25, 0.3) is 0 Å². The average molecular weight is 1670 g/mol. The molecule has 0 radical (unpaired) electrons. The van der Waals surface area contributed by atoms with E-state index in [1.807, 2.05) is 219 Å². The Bertz CT molecular complexity index is 4240. The summed E-state index contributed by atoms with van der Waals surface area (Å²) < 4.78 is 63.9. The molecule has 0 saturated heterocycles. The number of hydrogen-bond donors (Lipinski definition) is 0. The molecule has 0 heterocycles. The van der Waals surface area contributed by atoms with Crippen LogP contribution >= 0.6 is 26.6 Å². The molecule has 0 aliphatic rings. The van der Waals surface area contributed by atoms with Crippen LogP contribution in [0.15, 0.2) is 264 Å². The molecule has 0 aromatic heterocycles. The van der Waals surface area contributed by atoms with E-state index >= 15 is 0 Å². The van der Waals surface area contributed by atoms with Gasteiger partial charge in [-0.1, -0.05) is 41.5 Å². The van der Waals surface area contributed by atoms with E-state index < -0.39 is 26.6 Å². The fraction of sp³-hybridized carbons (Fsp3) is 0.250. The minimum Gasteiger partial charge on any atom is -0.420 e. The van der Waals surface area contributed by atoms with Gasteiger partial charge in [-0.25, -0.2) is 14.3 Å². The lowest BCUT2D eigenvalue weighted by Crippen LogP contribution is -2.17. The third-order valence-corrected chi connectivity index (χ3v) is 26.2. The molecule has 0 spiro atoms. The summed E-state index contributed by atoms with van der Waals surface area (Å²) in [7, 11) is 5.17. The molecule has 0 fully saturated rings. The Labute approximate surface area is 686 Å². The van der Waals surface area contributed by atoms with Crippen molar-refractivity contribution in [1.82, 2.24) is 14.3 Å². The zero-order chi connectivity index (χ0) is 80.2. The molecule has 29 heteroatoms. The molecule has 9 aromatic rings. The highest BCUT2D eigenvalue weighted by molar-refractivity contribution is 8.10. The predicted octanol–water partition coefficient (Wildman–Crippen LogP) is 21.4. The van der Waals surface area contributed by atoms with Crippen molar-refractivity contribution in [3.05, 3.63) is 268 Å². The monoisotopic (exact) mass is 1670 g/mol. The van der Waals surface area contributed by atoms with E-state index in [4.69, 9.17) is 103 Å². The van der Waals surface area contributed by atoms with Gasteiger partial charge in [0.05, 0.1) is 18.6 Å². The number of hydrogen-bond acceptors (Lipinski definition) is 22. The molecule has 21 nitrogen and oxygen atoms in total. The van der Waals surface area contributed by atoms with Crippen LogP contribution in [0.4, 0.5) is 0 Å². The Hall–Kier alpha value is -9.79. The van der Waals surface area contributed by atoms with Gasteiger partial charge in [0.1, 0.15) is 51.7 Å². The van der Waals surface area contributed by atoms with Crippen molar-refractivity contribution in [3.63, 3.8) is 0 Å². The summed E-state index contributed by atoms with van der Waals surface area (Å²) in [5.41, 5.74) is 7.64. The van der Waals surface area contributed by atoms with E-state index in [0.717, 1.165) is 111 Å². The molecule has 0 unspecified atom stereocenters. The molecule has 0 N–H and O–H groups in total. The quantitative estimate of drug-likeness (QED) is 0.0198. The lowest BCUT2D eigenvalue weighted by molar-refractivity contribution is 0.383. The van der Waals surface area contributed by atoms with Crippen molar-refractivity contribution >= 4 is 130 Å². The third-order valence-electron chi connectivity index (χ3n) is 15.6. The summed E-state index contributed by atoms with van der Waals surface area (Å²) in [5.74, 6) is 4.09. The molecule has 113 heavy (non-hydrogen) atoms. The molecule has 0 atom stereocenters. The SMILES string of the molecule is CCCN=Cc1ccc(OP(=S)(Oc2ccc(C=NCCC)cc2)N(C)/N=C/c2ccc(OP(=S)(Oc3ccc(/C=N/N(C)P(=S)(Oc4ccc(C=NCCC)cc4)Oc4ccc(C=NCCC)cc4)cc3)Oc3ccc(/C=N/N(C)P(=S)(Oc4ccc(C=NCCC)cc4)Oc4ccc(C=NCCC)cc4)cc3)cc2)cc1. The fourth-order valence-electron chi connectivity index (χ4n) is 9.62. The largest absolute Gasteiger partial charge is 0.490 e. The van der Waals surface area contributed by atoms with Gasteiger partial charge in [-0.3, -0.25) is 30.0 Å². The second-order valence-electron chi connectivity index (χ2n) is 25.2. The number of aliphatic imine (C=N–C) groups is 6. The molecule has 590 valence electrons. The van der Waals surface area contributed by atoms with E-state index in [9.17, 15) is 0 Å². The Morgan fingerprint density at radius 1 is 0.221 bits per heavy atom. The van der Waals surface area contributed by atoms with E-state index in [-0.39, 0.29) is 0 Å². The van der Waals surface area contributed by atoms with Gasteiger partial charge in [0.2, 0.25) is 0 Å². The van der Waals surface area contributed by atoms with E-state index in [2.05, 4.69) is 71.5 Å². The van der Waals surface area contributed by atoms with Gasteiger partial charge in [0.15, 0.2) is 0 Å². The minimum atomic E-state index is -3.82. The van der Waals surface area contributed by atoms with Crippen LogP contribution in [0.5, 0.6) is 51.7 Å². The summed E-state index contributed by atoms with van der Waals surface area (Å²) >= 11 is 25.1. The molecule has 0 aliphatic carbocycles. The number of nitrogens with zero attached hydrogens (tertiary/aromatic N) is 12. The van der Waals surface area contributed by atoms with E-state index in [1.165, 1.54) is 14.3 Å². The first-order chi connectivity index (χ1) is 54.8. The van der Waals surface area contributed by atoms with Gasteiger partial charge in [-0.2, -0.15) is 15.3 Å². The summed E-state index contributed by atoms with van der Waals surface area (Å²) in [6.45, 7) is 2.89. The lowest BCUT2D eigenvalue weighted by Gasteiger charge is -2.29. The van der Waals surface area contributed by atoms with Gasteiger partial charge in [-0.05, 0) is 307 Å². The standard InChI is InChI=1S/C84H96N12O9P4S4/c1-10-52-85-58-67-16-34-76(35-17-67)97-106(110,98-77-36-18-68(19-37-77)59-86-53-11-2)94(7)91-64-73-28-46-82(47-29-73)103-109(113,104-83-48-30-74(31-49-83)65-92-95(8)107(111,99-78-38-20-69(21-39-78)60-87-54-12-3)100-79-40-22-70(23-41-79)61-88-55-13-4)105-84-50-32-75(33-51-84)66-93-96(9)108(112,101-80-42-24-71(25-43-80)62-89-56-14-5)102-81-44-26-72(27-45-81)63-90-57-15-6/h16-51,58-66H,10-15,52-57H2,1-9H3/b85-58?,86-59?,87-60?,88-61?,89-62?,90-63?,91-64+,92-65+,93-66+. The Kier molecular flexibility index (Phi) is 34.9. The van der Waals surface area contributed by atoms with Gasteiger partial charge in [0, 0.05) is 145 Å². The van der Waals surface area contributed by atoms with E-state index in [0.29, 0.717) is 68.4 Å². The van der Waals surface area contributed by atoms with Crippen molar-refractivity contribution in [2.75, 3.05) is 60.4 Å². The molecular formula is C84H96N12O9P4S4. The first-order valence-corrected chi connectivity index (χ1v) is 47.5. The van der Waals surface area contributed by atoms with E-state index in [1.54, 1.807) is 76.2 Å². The Morgan fingerprint density at radius 3 is 0.496 bits per heavy atom. The maximum absolute atomic E-state index is 6.65. The highest BCUT2D eigenvalue weighted by Gasteiger charge is 2.33. The van der Waals surface area contributed by atoms with Crippen LogP contribution in [0.2, 0.25) is 0 Å². The topological polar surface area (TPSA) is 204 Å². The van der Waals surface area contributed by atoms with Crippen LogP contribution in [0, 0.1) is 0 Å². The second kappa shape index (κ2) is 45.2. The van der Waals surface area contributed by atoms with Gasteiger partial charge < -0.3 is 40.7 Å². The highest BCUT2D eigenvalue weighted by atomic mass is 32.5. The van der Waals surface area contributed by atoms with Crippen LogP contribution in [-0.2, 0) is 47.2 Å². The Balaban J connectivity index is 0.971. The third kappa shape index (κ3) is 29.0. The summed E-state index contributed by atoms with van der Waals surface area (Å²) in [6.07, 6.45) is 21.7. The summed E-state index contributed by atoms with van der Waals surface area (Å²) in [6, 6.07) is 66.6. The van der Waals surface area contributed by atoms with Gasteiger partial charge in [-0.15, -0.1) is 0 Å². The zero-order valence-corrected chi connectivity index (χ0v) is 71.8. The molecule has 0 amide bonds. The fourth-order valence-corrected chi connectivity index (χ4v) is 17.3. The molecular weight excluding hydrogens is 1570 g/mol. The predicted molar refractivity (Wildman–Crippen MR) is 483 cm³/mol. The molecule has 9 rings (SSSR count). The average Bonchev–Trinajstić information content (AvgIpc) is 0.825. The molecule has 9 aromatic carbocycles. The normalized spacial score (nSPS) is 14.1. The van der Waals surface area contributed by atoms with Crippen molar-refractivity contribution in [3.8, 4) is 51.7 Å². The minimum absolute atomic E-state index is 0.350. The van der Waals surface area contributed by atoms with Crippen LogP contribution in [0.3, 0.4) is 0 Å². The number of hydrazone groups is 3.